The number of imidazole rings is 1. The number of benzene rings is 1. The van der Waals surface area contributed by atoms with Crippen molar-refractivity contribution in [1.29, 1.82) is 0 Å². The number of aromatic nitrogens is 5. The van der Waals surface area contributed by atoms with E-state index in [0.717, 1.165) is 113 Å². The quantitative estimate of drug-likeness (QED) is 0.133. The standard InChI is InChI=1S/C47H67N9O5/c1-4-5-30(2)49-46-48-27-38-39(29-55(44(38)51-46)34-11-13-36(57)14-12-34)33-9-6-32(7-10-33)28-53-19-21-54(22-20-53)35-25-37(26-35)61-23-18-31-8-15-40-42(24-31)52(3)47(60)56(40)41-16-17-43(58)50-45(41)59/h8,15,24,27,29-30,32-37,41,57H,4-7,9-14,16-23,25-26,28H2,1-3H3,(H,48,49,51)(H,50,58,59)/t30-,32-,33+,34-,35?,36-,37?,41?/m0/s1. The van der Waals surface area contributed by atoms with E-state index in [1.807, 2.05) is 18.2 Å². The Hall–Kier alpha value is -4.11. The Morgan fingerprint density at radius 3 is 2.46 bits per heavy atom. The number of aliphatic hydroxyl groups excluding tert-OH is 1. The van der Waals surface area contributed by atoms with Gasteiger partial charge in [-0.2, -0.15) is 4.98 Å². The molecule has 2 aliphatic heterocycles. The summed E-state index contributed by atoms with van der Waals surface area (Å²) >= 11 is 0. The molecule has 4 aromatic rings. The number of carbonyl (C=O) groups excluding carboxylic acids is 2. The number of nitrogens with zero attached hydrogens (tertiary/aromatic N) is 7. The van der Waals surface area contributed by atoms with E-state index in [4.69, 9.17) is 14.7 Å². The summed E-state index contributed by atoms with van der Waals surface area (Å²) in [6.07, 6.45) is 19.0. The highest BCUT2D eigenvalue weighted by molar-refractivity contribution is 6.00. The zero-order chi connectivity index (χ0) is 42.2. The molecule has 9 rings (SSSR count). The molecule has 14 heteroatoms. The number of fused-ring (bicyclic) bond motifs is 2. The van der Waals surface area contributed by atoms with Crippen molar-refractivity contribution in [3.05, 3.63) is 52.2 Å². The van der Waals surface area contributed by atoms with Crippen LogP contribution in [0, 0.1) is 5.92 Å². The van der Waals surface area contributed by atoms with Crippen molar-refractivity contribution in [2.45, 2.75) is 152 Å². The number of anilines is 1. The maximum Gasteiger partial charge on any atom is 0.329 e. The molecule has 0 radical (unpaired) electrons. The Morgan fingerprint density at radius 1 is 0.951 bits per heavy atom. The van der Waals surface area contributed by atoms with Gasteiger partial charge in [0.05, 0.1) is 29.8 Å². The molecule has 2 amide bonds. The monoisotopic (exact) mass is 838 g/mol. The van der Waals surface area contributed by atoms with E-state index in [-0.39, 0.29) is 24.1 Å². The van der Waals surface area contributed by atoms with Crippen molar-refractivity contribution in [3.8, 4) is 0 Å². The molecule has 3 aromatic heterocycles. The minimum atomic E-state index is -0.674. The van der Waals surface area contributed by atoms with Gasteiger partial charge in [-0.1, -0.05) is 19.4 Å². The number of imide groups is 1. The summed E-state index contributed by atoms with van der Waals surface area (Å²) in [6, 6.07) is 6.62. The van der Waals surface area contributed by atoms with Gasteiger partial charge in [0.25, 0.3) is 0 Å². The zero-order valence-corrected chi connectivity index (χ0v) is 36.6. The van der Waals surface area contributed by atoms with Crippen molar-refractivity contribution in [2.24, 2.45) is 13.0 Å². The molecule has 0 bridgehead atoms. The molecule has 330 valence electrons. The molecule has 2 atom stereocenters. The SMILES string of the molecule is CCC[C@H](C)Nc1ncc2c(n1)n([C@H]1CC[C@H](O)CC1)cc2[C@H]1CC[C@@H](CN2CCN(C3CC(OCCc4ccc5c(c4)n(C)c(=O)n5C4CCC(=O)NC4=O)C3)CC2)CC1. The van der Waals surface area contributed by atoms with Crippen LogP contribution in [0.3, 0.4) is 0 Å². The van der Waals surface area contributed by atoms with Gasteiger partial charge in [-0.25, -0.2) is 9.78 Å². The molecule has 14 nitrogen and oxygen atoms in total. The largest absolute Gasteiger partial charge is 0.393 e. The van der Waals surface area contributed by atoms with Gasteiger partial charge in [0.15, 0.2) is 0 Å². The Morgan fingerprint density at radius 2 is 1.72 bits per heavy atom. The second-order valence-electron chi connectivity index (χ2n) is 19.1. The van der Waals surface area contributed by atoms with Gasteiger partial charge in [-0.15, -0.1) is 0 Å². The van der Waals surface area contributed by atoms with E-state index in [9.17, 15) is 19.5 Å². The Bertz CT molecular complexity index is 2240. The molecule has 3 N–H and O–H groups in total. The first-order valence-corrected chi connectivity index (χ1v) is 23.5. The maximum atomic E-state index is 13.1. The second-order valence-corrected chi connectivity index (χ2v) is 19.1. The van der Waals surface area contributed by atoms with Crippen LogP contribution in [0.15, 0.2) is 35.4 Å². The van der Waals surface area contributed by atoms with Crippen molar-refractivity contribution in [2.75, 3.05) is 44.6 Å². The van der Waals surface area contributed by atoms with E-state index < -0.39 is 11.9 Å². The van der Waals surface area contributed by atoms with Crippen molar-refractivity contribution < 1.29 is 19.4 Å². The van der Waals surface area contributed by atoms with Crippen LogP contribution in [-0.4, -0.2) is 114 Å². The highest BCUT2D eigenvalue weighted by atomic mass is 16.5. The summed E-state index contributed by atoms with van der Waals surface area (Å²) in [7, 11) is 1.73. The fraction of sp³-hybridized carbons (Fsp3) is 0.681. The number of ether oxygens (including phenoxy) is 1. The van der Waals surface area contributed by atoms with E-state index in [2.05, 4.69) is 51.2 Å². The average molecular weight is 838 g/mol. The van der Waals surface area contributed by atoms with E-state index >= 15 is 0 Å². The van der Waals surface area contributed by atoms with Crippen LogP contribution in [-0.2, 0) is 27.8 Å². The molecule has 61 heavy (non-hydrogen) atoms. The first-order chi connectivity index (χ1) is 29.6. The molecule has 1 unspecified atom stereocenters. The number of amides is 2. The molecular weight excluding hydrogens is 771 g/mol. The molecule has 1 aromatic carbocycles. The smallest absolute Gasteiger partial charge is 0.329 e. The number of carbonyl (C=O) groups is 2. The number of piperidine rings is 1. The summed E-state index contributed by atoms with van der Waals surface area (Å²) in [5, 5.41) is 17.4. The van der Waals surface area contributed by atoms with Gasteiger partial charge in [-0.3, -0.25) is 28.9 Å². The molecule has 3 saturated carbocycles. The normalized spacial score (nSPS) is 28.6. The number of piperazine rings is 1. The summed E-state index contributed by atoms with van der Waals surface area (Å²) < 4.78 is 11.9. The molecule has 5 fully saturated rings. The number of hydrogen-bond acceptors (Lipinski definition) is 10. The Labute approximate surface area is 359 Å². The van der Waals surface area contributed by atoms with Crippen LogP contribution in [0.5, 0.6) is 0 Å². The minimum Gasteiger partial charge on any atom is -0.393 e. The third-order valence-electron chi connectivity index (χ3n) is 15.0. The minimum absolute atomic E-state index is 0.174. The number of hydrogen-bond donors (Lipinski definition) is 3. The van der Waals surface area contributed by atoms with Gasteiger partial charge in [0, 0.05) is 82.1 Å². The van der Waals surface area contributed by atoms with Gasteiger partial charge >= 0.3 is 5.69 Å². The lowest BCUT2D eigenvalue weighted by atomic mass is 9.78. The third-order valence-corrected chi connectivity index (χ3v) is 15.0. The number of nitrogens with one attached hydrogen (secondary N) is 2. The Balaban J connectivity index is 0.715. The molecule has 5 heterocycles. The van der Waals surface area contributed by atoms with E-state index in [0.29, 0.717) is 48.7 Å². The first kappa shape index (κ1) is 42.2. The Kier molecular flexibility index (Phi) is 12.7. The lowest BCUT2D eigenvalue weighted by molar-refractivity contribution is -0.135. The molecule has 5 aliphatic rings. The molecule has 2 saturated heterocycles. The summed E-state index contributed by atoms with van der Waals surface area (Å²) in [6.45, 7) is 10.8. The van der Waals surface area contributed by atoms with E-state index in [1.54, 1.807) is 11.6 Å². The highest BCUT2D eigenvalue weighted by Gasteiger charge is 2.37. The first-order valence-electron chi connectivity index (χ1n) is 23.5. The van der Waals surface area contributed by atoms with Gasteiger partial charge in [0.1, 0.15) is 11.7 Å². The zero-order valence-electron chi connectivity index (χ0n) is 36.6. The van der Waals surface area contributed by atoms with Gasteiger partial charge in [0.2, 0.25) is 17.8 Å². The van der Waals surface area contributed by atoms with Crippen molar-refractivity contribution >= 4 is 39.8 Å². The molecule has 3 aliphatic carbocycles. The number of aliphatic hydroxyl groups is 1. The lowest BCUT2D eigenvalue weighted by Crippen LogP contribution is -2.56. The topological polar surface area (TPSA) is 152 Å². The van der Waals surface area contributed by atoms with Crippen LogP contribution in [0.25, 0.3) is 22.1 Å². The van der Waals surface area contributed by atoms with Crippen LogP contribution in [0.4, 0.5) is 5.95 Å². The van der Waals surface area contributed by atoms with Gasteiger partial charge < -0.3 is 24.6 Å². The second kappa shape index (κ2) is 18.3. The fourth-order valence-corrected chi connectivity index (χ4v) is 11.2. The summed E-state index contributed by atoms with van der Waals surface area (Å²) in [5.41, 5.74) is 4.85. The van der Waals surface area contributed by atoms with E-state index in [1.165, 1.54) is 47.7 Å². The average Bonchev–Trinajstić information content (AvgIpc) is 3.73. The number of aryl methyl sites for hydroxylation is 1. The fourth-order valence-electron chi connectivity index (χ4n) is 11.2. The van der Waals surface area contributed by atoms with Crippen molar-refractivity contribution in [1.82, 2.24) is 38.8 Å². The molecule has 0 spiro atoms. The summed E-state index contributed by atoms with van der Waals surface area (Å²) in [4.78, 5) is 52.7. The summed E-state index contributed by atoms with van der Waals surface area (Å²) in [5.74, 6) is 1.32. The third kappa shape index (κ3) is 9.05. The van der Waals surface area contributed by atoms with Gasteiger partial charge in [-0.05, 0) is 125 Å². The maximum absolute atomic E-state index is 13.1. The van der Waals surface area contributed by atoms with Crippen LogP contribution in [0.2, 0.25) is 0 Å². The number of rotatable bonds is 14. The van der Waals surface area contributed by atoms with Crippen molar-refractivity contribution in [3.63, 3.8) is 0 Å². The highest BCUT2D eigenvalue weighted by Crippen LogP contribution is 2.42. The predicted molar refractivity (Wildman–Crippen MR) is 237 cm³/mol. The lowest BCUT2D eigenvalue weighted by Gasteiger charge is -2.46. The predicted octanol–water partition coefficient (Wildman–Crippen LogP) is 5.82. The van der Waals surface area contributed by atoms with Crippen LogP contribution in [0.1, 0.15) is 133 Å². The van der Waals surface area contributed by atoms with Crippen LogP contribution >= 0.6 is 0 Å². The molecular formula is C47H67N9O5. The van der Waals surface area contributed by atoms with Crippen LogP contribution < -0.4 is 16.3 Å².